The Morgan fingerprint density at radius 3 is 2.26 bits per heavy atom. The van der Waals surface area contributed by atoms with E-state index in [1.54, 1.807) is 0 Å². The van der Waals surface area contributed by atoms with Gasteiger partial charge in [0.05, 0.1) is 13.2 Å². The van der Waals surface area contributed by atoms with Gasteiger partial charge >= 0.3 is 0 Å². The highest BCUT2D eigenvalue weighted by atomic mass is 16.5. The summed E-state index contributed by atoms with van der Waals surface area (Å²) in [7, 11) is 0. The van der Waals surface area contributed by atoms with Crippen LogP contribution in [-0.4, -0.2) is 63.2 Å². The standard InChI is InChI=1S/C33H40N2O3/c36-33(30-7-5-8-31(26-30)35-18-2-1-3-19-35)9-4-6-27-10-12-28(13-11-27)29-14-16-32(17-15-29)38-25-22-34-20-23-37-24-21-34/h5,7-8,10-17,26H,1-4,6,9,18-25H2. The molecule has 38 heavy (non-hydrogen) atoms. The van der Waals surface area contributed by atoms with Crippen LogP contribution in [0, 0.1) is 0 Å². The van der Waals surface area contributed by atoms with Crippen molar-refractivity contribution in [1.82, 2.24) is 4.90 Å². The van der Waals surface area contributed by atoms with Crippen LogP contribution in [0.3, 0.4) is 0 Å². The fraction of sp³-hybridized carbons (Fsp3) is 0.424. The number of rotatable bonds is 11. The molecule has 0 bridgehead atoms. The molecular formula is C33H40N2O3. The fourth-order valence-corrected chi connectivity index (χ4v) is 5.35. The highest BCUT2D eigenvalue weighted by molar-refractivity contribution is 5.96. The number of carbonyl (C=O) groups excluding carboxylic acids is 1. The maximum atomic E-state index is 12.8. The molecule has 0 amide bonds. The van der Waals surface area contributed by atoms with Gasteiger partial charge in [0.1, 0.15) is 12.4 Å². The molecule has 3 aromatic rings. The summed E-state index contributed by atoms with van der Waals surface area (Å²) in [5.74, 6) is 1.15. The number of morpholine rings is 1. The van der Waals surface area contributed by atoms with Gasteiger partial charge in [-0.3, -0.25) is 9.69 Å². The molecule has 200 valence electrons. The second kappa shape index (κ2) is 13.6. The van der Waals surface area contributed by atoms with Gasteiger partial charge in [0.15, 0.2) is 5.78 Å². The highest BCUT2D eigenvalue weighted by Gasteiger charge is 2.13. The summed E-state index contributed by atoms with van der Waals surface area (Å²) in [4.78, 5) is 17.6. The summed E-state index contributed by atoms with van der Waals surface area (Å²) in [6, 6.07) is 25.3. The maximum Gasteiger partial charge on any atom is 0.162 e. The minimum absolute atomic E-state index is 0.243. The second-order valence-electron chi connectivity index (χ2n) is 10.4. The van der Waals surface area contributed by atoms with Crippen molar-refractivity contribution in [3.8, 4) is 16.9 Å². The van der Waals surface area contributed by atoms with Crippen molar-refractivity contribution in [1.29, 1.82) is 0 Å². The number of ether oxygens (including phenoxy) is 2. The Kier molecular flexibility index (Phi) is 9.46. The summed E-state index contributed by atoms with van der Waals surface area (Å²) in [5, 5.41) is 0. The van der Waals surface area contributed by atoms with E-state index in [0.29, 0.717) is 13.0 Å². The first-order chi connectivity index (χ1) is 18.7. The fourth-order valence-electron chi connectivity index (χ4n) is 5.35. The largest absolute Gasteiger partial charge is 0.492 e. The van der Waals surface area contributed by atoms with Crippen LogP contribution < -0.4 is 9.64 Å². The molecule has 0 aromatic heterocycles. The van der Waals surface area contributed by atoms with Crippen LogP contribution in [-0.2, 0) is 11.2 Å². The monoisotopic (exact) mass is 512 g/mol. The first-order valence-electron chi connectivity index (χ1n) is 14.3. The predicted octanol–water partition coefficient (Wildman–Crippen LogP) is 6.26. The van der Waals surface area contributed by atoms with Gasteiger partial charge in [-0.15, -0.1) is 0 Å². The lowest BCUT2D eigenvalue weighted by atomic mass is 9.99. The van der Waals surface area contributed by atoms with Crippen molar-refractivity contribution >= 4 is 11.5 Å². The van der Waals surface area contributed by atoms with E-state index in [0.717, 1.165) is 70.1 Å². The van der Waals surface area contributed by atoms with Crippen LogP contribution in [0.15, 0.2) is 72.8 Å². The molecule has 2 aliphatic heterocycles. The average molecular weight is 513 g/mol. The molecule has 5 rings (SSSR count). The zero-order chi connectivity index (χ0) is 26.0. The molecule has 2 heterocycles. The van der Waals surface area contributed by atoms with Gasteiger partial charge < -0.3 is 14.4 Å². The van der Waals surface area contributed by atoms with Crippen LogP contribution >= 0.6 is 0 Å². The number of hydrogen-bond acceptors (Lipinski definition) is 5. The molecule has 0 radical (unpaired) electrons. The SMILES string of the molecule is O=C(CCCc1ccc(-c2ccc(OCCN3CCOCC3)cc2)cc1)c1cccc(N2CCCCC2)c1. The van der Waals surface area contributed by atoms with Crippen LogP contribution in [0.5, 0.6) is 5.75 Å². The third-order valence-corrected chi connectivity index (χ3v) is 7.68. The van der Waals surface area contributed by atoms with Crippen LogP contribution in [0.2, 0.25) is 0 Å². The molecule has 3 aromatic carbocycles. The van der Waals surface area contributed by atoms with E-state index in [1.807, 2.05) is 12.1 Å². The zero-order valence-electron chi connectivity index (χ0n) is 22.4. The lowest BCUT2D eigenvalue weighted by Gasteiger charge is -2.29. The number of Topliss-reactive ketones (excluding diaryl/α,β-unsaturated/α-hetero) is 1. The summed E-state index contributed by atoms with van der Waals surface area (Å²) >= 11 is 0. The van der Waals surface area contributed by atoms with E-state index < -0.39 is 0 Å². The van der Waals surface area contributed by atoms with E-state index in [2.05, 4.69) is 70.5 Å². The number of piperidine rings is 1. The molecule has 0 spiro atoms. The Balaban J connectivity index is 1.06. The van der Waals surface area contributed by atoms with Gasteiger partial charge in [0, 0.05) is 50.4 Å². The van der Waals surface area contributed by atoms with Gasteiger partial charge in [-0.05, 0) is 73.1 Å². The smallest absolute Gasteiger partial charge is 0.162 e. The predicted molar refractivity (Wildman–Crippen MR) is 154 cm³/mol. The first-order valence-corrected chi connectivity index (χ1v) is 14.3. The lowest BCUT2D eigenvalue weighted by molar-refractivity contribution is 0.0322. The molecule has 5 nitrogen and oxygen atoms in total. The van der Waals surface area contributed by atoms with Gasteiger partial charge in [-0.2, -0.15) is 0 Å². The van der Waals surface area contributed by atoms with E-state index in [4.69, 9.17) is 9.47 Å². The quantitative estimate of drug-likeness (QED) is 0.284. The van der Waals surface area contributed by atoms with Gasteiger partial charge in [-0.25, -0.2) is 0 Å². The number of nitrogens with zero attached hydrogens (tertiary/aromatic N) is 2. The van der Waals surface area contributed by atoms with Crippen LogP contribution in [0.1, 0.15) is 48.0 Å². The molecule has 0 atom stereocenters. The summed E-state index contributed by atoms with van der Waals surface area (Å²) in [6.07, 6.45) is 6.15. The van der Waals surface area contributed by atoms with E-state index in [-0.39, 0.29) is 5.78 Å². The molecule has 5 heteroatoms. The number of ketones is 1. The second-order valence-corrected chi connectivity index (χ2v) is 10.4. The van der Waals surface area contributed by atoms with Crippen LogP contribution in [0.4, 0.5) is 5.69 Å². The Hall–Kier alpha value is -3.15. The van der Waals surface area contributed by atoms with E-state index >= 15 is 0 Å². The number of carbonyl (C=O) groups is 1. The minimum Gasteiger partial charge on any atom is -0.492 e. The molecule has 2 fully saturated rings. The van der Waals surface area contributed by atoms with Crippen molar-refractivity contribution in [2.45, 2.75) is 38.5 Å². The zero-order valence-corrected chi connectivity index (χ0v) is 22.4. The summed E-state index contributed by atoms with van der Waals surface area (Å²) in [5.41, 5.74) is 5.68. The Morgan fingerprint density at radius 1 is 0.816 bits per heavy atom. The minimum atomic E-state index is 0.243. The van der Waals surface area contributed by atoms with Gasteiger partial charge in [0.25, 0.3) is 0 Å². The number of benzene rings is 3. The Morgan fingerprint density at radius 2 is 1.53 bits per heavy atom. The van der Waals surface area contributed by atoms with Crippen molar-refractivity contribution < 1.29 is 14.3 Å². The molecule has 0 N–H and O–H groups in total. The normalized spacial score (nSPS) is 16.4. The molecule has 0 unspecified atom stereocenters. The first kappa shape index (κ1) is 26.5. The Labute approximate surface area is 227 Å². The van der Waals surface area contributed by atoms with Crippen molar-refractivity contribution in [3.63, 3.8) is 0 Å². The molecule has 0 aliphatic carbocycles. The van der Waals surface area contributed by atoms with Crippen molar-refractivity contribution in [2.75, 3.05) is 57.4 Å². The van der Waals surface area contributed by atoms with E-state index in [9.17, 15) is 4.79 Å². The highest BCUT2D eigenvalue weighted by Crippen LogP contribution is 2.24. The number of anilines is 1. The average Bonchev–Trinajstić information content (AvgIpc) is 2.99. The Bertz CT molecular complexity index is 1150. The van der Waals surface area contributed by atoms with Crippen molar-refractivity contribution in [3.05, 3.63) is 83.9 Å². The number of aryl methyl sites for hydroxylation is 1. The van der Waals surface area contributed by atoms with Gasteiger partial charge in [-0.1, -0.05) is 48.5 Å². The third-order valence-electron chi connectivity index (χ3n) is 7.68. The molecule has 2 aliphatic rings. The third kappa shape index (κ3) is 7.46. The van der Waals surface area contributed by atoms with Gasteiger partial charge in [0.2, 0.25) is 0 Å². The lowest BCUT2D eigenvalue weighted by Crippen LogP contribution is -2.38. The summed E-state index contributed by atoms with van der Waals surface area (Å²) < 4.78 is 11.3. The van der Waals surface area contributed by atoms with E-state index in [1.165, 1.54) is 41.6 Å². The topological polar surface area (TPSA) is 42.0 Å². The maximum absolute atomic E-state index is 12.8. The van der Waals surface area contributed by atoms with Crippen LogP contribution in [0.25, 0.3) is 11.1 Å². The summed E-state index contributed by atoms with van der Waals surface area (Å²) in [6.45, 7) is 7.44. The number of hydrogen-bond donors (Lipinski definition) is 0. The molecular weight excluding hydrogens is 472 g/mol. The molecule has 0 saturated carbocycles. The van der Waals surface area contributed by atoms with Crippen molar-refractivity contribution in [2.24, 2.45) is 0 Å². The molecule has 2 saturated heterocycles.